The number of nitrogens with zero attached hydrogens (tertiary/aromatic N) is 1. The molecule has 150 valence electrons. The Morgan fingerprint density at radius 2 is 1.86 bits per heavy atom. The first kappa shape index (κ1) is 20.4. The predicted molar refractivity (Wildman–Crippen MR) is 105 cm³/mol. The quantitative estimate of drug-likeness (QED) is 0.724. The highest BCUT2D eigenvalue weighted by Crippen LogP contribution is 2.29. The molecule has 2 N–H and O–H groups in total. The van der Waals surface area contributed by atoms with E-state index in [2.05, 4.69) is 10.6 Å². The largest absolute Gasteiger partial charge is 0.322 e. The molecule has 0 saturated carbocycles. The van der Waals surface area contributed by atoms with Crippen LogP contribution in [0, 0.1) is 0 Å². The van der Waals surface area contributed by atoms with Gasteiger partial charge in [-0.1, -0.05) is 24.3 Å². The Hall–Kier alpha value is -3.33. The van der Waals surface area contributed by atoms with Crippen molar-refractivity contribution in [2.75, 3.05) is 0 Å². The van der Waals surface area contributed by atoms with Crippen LogP contribution in [0.3, 0.4) is 0 Å². The minimum absolute atomic E-state index is 0.0995. The summed E-state index contributed by atoms with van der Waals surface area (Å²) in [6.45, 7) is 1.39. The van der Waals surface area contributed by atoms with E-state index in [1.807, 2.05) is 22.9 Å². The van der Waals surface area contributed by atoms with Crippen LogP contribution in [0.1, 0.15) is 46.0 Å². The highest BCUT2D eigenvalue weighted by molar-refractivity contribution is 7.07. The second kappa shape index (κ2) is 8.78. The molecule has 2 aliphatic heterocycles. The predicted octanol–water partition coefficient (Wildman–Crippen LogP) is 1.47. The second-order valence-electron chi connectivity index (χ2n) is 6.54. The van der Waals surface area contributed by atoms with E-state index in [0.717, 1.165) is 0 Å². The average Bonchev–Trinajstić information content (AvgIpc) is 3.34. The zero-order valence-electron chi connectivity index (χ0n) is 15.6. The van der Waals surface area contributed by atoms with Crippen LogP contribution in [0.4, 0.5) is 0 Å². The van der Waals surface area contributed by atoms with Gasteiger partial charge in [-0.3, -0.25) is 34.6 Å². The van der Waals surface area contributed by atoms with Gasteiger partial charge in [0.1, 0.15) is 6.04 Å². The highest BCUT2D eigenvalue weighted by Gasteiger charge is 2.40. The number of amides is 5. The summed E-state index contributed by atoms with van der Waals surface area (Å²) in [5.41, 5.74) is 0.907. The maximum atomic E-state index is 12.7. The van der Waals surface area contributed by atoms with Crippen molar-refractivity contribution < 1.29 is 24.0 Å². The number of piperidine rings is 1. The third-order valence-corrected chi connectivity index (χ3v) is 5.14. The van der Waals surface area contributed by atoms with Crippen LogP contribution in [0.25, 0.3) is 0 Å². The molecule has 1 fully saturated rings. The van der Waals surface area contributed by atoms with Crippen LogP contribution in [0.5, 0.6) is 0 Å². The number of carbonyl (C=O) groups excluding carboxylic acids is 5. The van der Waals surface area contributed by atoms with E-state index in [1.165, 1.54) is 17.9 Å². The van der Waals surface area contributed by atoms with E-state index in [9.17, 15) is 24.0 Å². The van der Waals surface area contributed by atoms with Crippen LogP contribution >= 0.6 is 11.3 Å². The average molecular weight is 413 g/mol. The summed E-state index contributed by atoms with van der Waals surface area (Å²) in [4.78, 5) is 60.6. The van der Waals surface area contributed by atoms with Crippen molar-refractivity contribution >= 4 is 40.9 Å². The Morgan fingerprint density at radius 3 is 2.45 bits per heavy atom. The van der Waals surface area contributed by atoms with Crippen LogP contribution < -0.4 is 10.6 Å². The molecular weight excluding hydrogens is 394 g/mol. The van der Waals surface area contributed by atoms with Crippen LogP contribution in [-0.4, -0.2) is 40.5 Å². The zero-order valence-corrected chi connectivity index (χ0v) is 16.5. The molecule has 2 aromatic rings. The standard InChI is InChI=1S/C16H15N3O5.C4H4S/c1-8(20)17-14(22)10-4-2-3-9-7-19(16(24)13(9)10)11-5-6-12(21)18-15(11)23;1-2-4-5-3-1/h2-4,11H,5-7H2,1H3,(H,17,20,22)(H,18,21,23);1-4H. The van der Waals surface area contributed by atoms with Crippen molar-refractivity contribution in [1.82, 2.24) is 15.5 Å². The molecule has 0 radical (unpaired) electrons. The van der Waals surface area contributed by atoms with Gasteiger partial charge in [-0.15, -0.1) is 0 Å². The summed E-state index contributed by atoms with van der Waals surface area (Å²) < 4.78 is 0. The Bertz CT molecular complexity index is 953. The molecule has 5 amide bonds. The first-order chi connectivity index (χ1) is 13.9. The van der Waals surface area contributed by atoms with Crippen molar-refractivity contribution in [2.24, 2.45) is 0 Å². The minimum atomic E-state index is -0.744. The third-order valence-electron chi connectivity index (χ3n) is 4.51. The number of fused-ring (bicyclic) bond motifs is 1. The number of hydrogen-bond donors (Lipinski definition) is 2. The van der Waals surface area contributed by atoms with Gasteiger partial charge in [-0.25, -0.2) is 0 Å². The zero-order chi connectivity index (χ0) is 21.0. The van der Waals surface area contributed by atoms with E-state index in [1.54, 1.807) is 23.5 Å². The van der Waals surface area contributed by atoms with Gasteiger partial charge in [-0.2, -0.15) is 11.3 Å². The third kappa shape index (κ3) is 4.57. The van der Waals surface area contributed by atoms with Gasteiger partial charge < -0.3 is 4.90 Å². The van der Waals surface area contributed by atoms with Gasteiger partial charge >= 0.3 is 0 Å². The summed E-state index contributed by atoms with van der Waals surface area (Å²) >= 11 is 1.71. The highest BCUT2D eigenvalue weighted by atomic mass is 32.1. The number of nitrogens with one attached hydrogen (secondary N) is 2. The molecule has 1 unspecified atom stereocenters. The summed E-state index contributed by atoms with van der Waals surface area (Å²) in [5, 5.41) is 8.45. The molecule has 1 atom stereocenters. The molecule has 0 bridgehead atoms. The molecule has 0 spiro atoms. The molecule has 9 heteroatoms. The Morgan fingerprint density at radius 1 is 1.14 bits per heavy atom. The molecule has 2 aliphatic rings. The topological polar surface area (TPSA) is 113 Å². The smallest absolute Gasteiger partial charge is 0.258 e. The maximum Gasteiger partial charge on any atom is 0.258 e. The lowest BCUT2D eigenvalue weighted by atomic mass is 10.0. The van der Waals surface area contributed by atoms with E-state index >= 15 is 0 Å². The van der Waals surface area contributed by atoms with Gasteiger partial charge in [0.2, 0.25) is 17.7 Å². The lowest BCUT2D eigenvalue weighted by molar-refractivity contribution is -0.137. The van der Waals surface area contributed by atoms with Gasteiger partial charge in [0, 0.05) is 19.9 Å². The Balaban J connectivity index is 0.000000419. The van der Waals surface area contributed by atoms with Crippen molar-refractivity contribution in [3.63, 3.8) is 0 Å². The molecule has 8 nitrogen and oxygen atoms in total. The van der Waals surface area contributed by atoms with Gasteiger partial charge in [0.25, 0.3) is 11.8 Å². The molecule has 1 aromatic heterocycles. The van der Waals surface area contributed by atoms with Gasteiger partial charge in [-0.05, 0) is 28.8 Å². The second-order valence-corrected chi connectivity index (χ2v) is 7.36. The van der Waals surface area contributed by atoms with Crippen molar-refractivity contribution in [3.8, 4) is 0 Å². The summed E-state index contributed by atoms with van der Waals surface area (Å²) in [5.74, 6) is -2.50. The van der Waals surface area contributed by atoms with Crippen molar-refractivity contribution in [3.05, 3.63) is 57.8 Å². The summed E-state index contributed by atoms with van der Waals surface area (Å²) in [7, 11) is 0. The van der Waals surface area contributed by atoms with E-state index < -0.39 is 29.7 Å². The van der Waals surface area contributed by atoms with Gasteiger partial charge in [0.05, 0.1) is 11.1 Å². The van der Waals surface area contributed by atoms with Gasteiger partial charge in [0.15, 0.2) is 0 Å². The first-order valence-corrected chi connectivity index (χ1v) is 9.88. The van der Waals surface area contributed by atoms with E-state index in [0.29, 0.717) is 5.56 Å². The number of hydrogen-bond acceptors (Lipinski definition) is 6. The lowest BCUT2D eigenvalue weighted by Crippen LogP contribution is -2.52. The fourth-order valence-corrected chi connectivity index (χ4v) is 3.71. The Labute approximate surface area is 170 Å². The molecule has 1 aromatic carbocycles. The van der Waals surface area contributed by atoms with Crippen LogP contribution in [0.15, 0.2) is 41.1 Å². The number of carbonyl (C=O) groups is 5. The number of thiophene rings is 1. The lowest BCUT2D eigenvalue weighted by Gasteiger charge is -2.29. The normalized spacial score (nSPS) is 17.8. The van der Waals surface area contributed by atoms with Crippen molar-refractivity contribution in [2.45, 2.75) is 32.4 Å². The minimum Gasteiger partial charge on any atom is -0.322 e. The molecule has 1 saturated heterocycles. The molecule has 3 heterocycles. The summed E-state index contributed by atoms with van der Waals surface area (Å²) in [6.07, 6.45) is 0.410. The number of imide groups is 2. The first-order valence-electron chi connectivity index (χ1n) is 8.94. The SMILES string of the molecule is CC(=O)NC(=O)c1cccc2c1C(=O)N(C1CCC(=O)NC1=O)C2.c1ccsc1. The molecule has 29 heavy (non-hydrogen) atoms. The number of benzene rings is 1. The molecule has 0 aliphatic carbocycles. The number of rotatable bonds is 2. The maximum absolute atomic E-state index is 12.7. The Kier molecular flexibility index (Phi) is 6.18. The van der Waals surface area contributed by atoms with Crippen molar-refractivity contribution in [1.29, 1.82) is 0 Å². The van der Waals surface area contributed by atoms with E-state index in [4.69, 9.17) is 0 Å². The van der Waals surface area contributed by atoms with E-state index in [-0.39, 0.29) is 36.4 Å². The fraction of sp³-hybridized carbons (Fsp3) is 0.250. The fourth-order valence-electron chi connectivity index (χ4n) is 3.26. The van der Waals surface area contributed by atoms with Crippen LogP contribution in [0.2, 0.25) is 0 Å². The molecular formula is C20H19N3O5S. The monoisotopic (exact) mass is 413 g/mol. The van der Waals surface area contributed by atoms with Crippen LogP contribution in [-0.2, 0) is 20.9 Å². The summed E-state index contributed by atoms with van der Waals surface area (Å²) in [6, 6.07) is 8.07. The molecule has 4 rings (SSSR count).